The summed E-state index contributed by atoms with van der Waals surface area (Å²) in [7, 11) is 0. The van der Waals surface area contributed by atoms with Crippen LogP contribution in [0.1, 0.15) is 259 Å². The zero-order valence-corrected chi connectivity index (χ0v) is 38.4. The maximum Gasteiger partial charge on any atom is 0.123 e. The zero-order valence-electron chi connectivity index (χ0n) is 38.4. The van der Waals surface area contributed by atoms with E-state index >= 15 is 0 Å². The summed E-state index contributed by atoms with van der Waals surface area (Å²) in [5.74, 6) is 3.36. The second kappa shape index (κ2) is 28.6. The van der Waals surface area contributed by atoms with Crippen molar-refractivity contribution in [2.45, 2.75) is 225 Å². The Hall–Kier alpha value is -2.94. The number of unbranched alkanes of at least 4 members (excludes halogenated alkanes) is 27. The third-order valence-corrected chi connectivity index (χ3v) is 13.4. The van der Waals surface area contributed by atoms with Gasteiger partial charge in [-0.25, -0.2) is 0 Å². The highest BCUT2D eigenvalue weighted by Gasteiger charge is 2.46. The molecule has 0 unspecified atom stereocenters. The van der Waals surface area contributed by atoms with Crippen LogP contribution in [0, 0.1) is 0 Å². The van der Waals surface area contributed by atoms with Crippen molar-refractivity contribution in [1.29, 1.82) is 0 Å². The first-order valence-corrected chi connectivity index (χ1v) is 25.6. The van der Waals surface area contributed by atoms with Crippen molar-refractivity contribution in [3.63, 3.8) is 0 Å². The SMILES string of the molecule is CCCCCCCCCCCCOc1cccc2c1C1c3c(OCCCCCCCCCCCC)cccc3C2c2cccc(OCCCCCCCCCCCC)c21. The quantitative estimate of drug-likeness (QED) is 0.0377. The first-order chi connectivity index (χ1) is 29.3. The fraction of sp³-hybridized carbons (Fsp3) is 0.679. The molecule has 0 atom stereocenters. The van der Waals surface area contributed by atoms with Crippen molar-refractivity contribution >= 4 is 0 Å². The van der Waals surface area contributed by atoms with Gasteiger partial charge in [0.1, 0.15) is 17.2 Å². The van der Waals surface area contributed by atoms with Crippen LogP contribution in [0.4, 0.5) is 0 Å². The van der Waals surface area contributed by atoms with Crippen LogP contribution in [0.5, 0.6) is 17.2 Å². The molecule has 328 valence electrons. The van der Waals surface area contributed by atoms with E-state index in [9.17, 15) is 0 Å². The van der Waals surface area contributed by atoms with Gasteiger partial charge in [-0.05, 0) is 54.2 Å². The Balaban J connectivity index is 1.24. The first-order valence-electron chi connectivity index (χ1n) is 25.6. The molecule has 2 bridgehead atoms. The molecule has 0 saturated carbocycles. The highest BCUT2D eigenvalue weighted by atomic mass is 16.5. The normalized spacial score (nSPS) is 14.9. The predicted octanol–water partition coefficient (Wildman–Crippen LogP) is 17.6. The zero-order chi connectivity index (χ0) is 41.2. The van der Waals surface area contributed by atoms with Gasteiger partial charge in [0, 0.05) is 28.5 Å². The molecule has 0 radical (unpaired) electrons. The van der Waals surface area contributed by atoms with Gasteiger partial charge in [-0.15, -0.1) is 0 Å². The second-order valence-electron chi connectivity index (χ2n) is 18.2. The van der Waals surface area contributed by atoms with Gasteiger partial charge >= 0.3 is 0 Å². The fourth-order valence-electron chi connectivity index (χ4n) is 9.99. The number of ether oxygens (including phenoxy) is 3. The van der Waals surface area contributed by atoms with Gasteiger partial charge < -0.3 is 14.2 Å². The van der Waals surface area contributed by atoms with E-state index in [0.29, 0.717) is 0 Å². The van der Waals surface area contributed by atoms with E-state index < -0.39 is 0 Å². The molecular weight excluding hydrogens is 721 g/mol. The lowest BCUT2D eigenvalue weighted by Crippen LogP contribution is -2.29. The number of benzene rings is 3. The van der Waals surface area contributed by atoms with Gasteiger partial charge in [0.05, 0.1) is 19.8 Å². The lowest BCUT2D eigenvalue weighted by atomic mass is 9.60. The monoisotopic (exact) mass is 807 g/mol. The topological polar surface area (TPSA) is 27.7 Å². The molecule has 3 aliphatic rings. The molecule has 59 heavy (non-hydrogen) atoms. The van der Waals surface area contributed by atoms with E-state index in [1.54, 1.807) is 0 Å². The van der Waals surface area contributed by atoms with Crippen molar-refractivity contribution < 1.29 is 14.2 Å². The van der Waals surface area contributed by atoms with Crippen molar-refractivity contribution in [2.24, 2.45) is 0 Å². The molecule has 3 heteroatoms. The third-order valence-electron chi connectivity index (χ3n) is 13.4. The molecule has 3 aromatic rings. The van der Waals surface area contributed by atoms with Crippen LogP contribution in [0.25, 0.3) is 0 Å². The maximum absolute atomic E-state index is 6.80. The summed E-state index contributed by atoms with van der Waals surface area (Å²) in [6, 6.07) is 20.5. The van der Waals surface area contributed by atoms with Gasteiger partial charge in [0.15, 0.2) is 0 Å². The van der Waals surface area contributed by atoms with Gasteiger partial charge in [-0.2, -0.15) is 0 Å². The molecule has 3 nitrogen and oxygen atoms in total. The predicted molar refractivity (Wildman–Crippen MR) is 253 cm³/mol. The van der Waals surface area contributed by atoms with Crippen LogP contribution >= 0.6 is 0 Å². The summed E-state index contributed by atoms with van der Waals surface area (Å²) in [5.41, 5.74) is 8.22. The van der Waals surface area contributed by atoms with Crippen LogP contribution in [0.3, 0.4) is 0 Å². The van der Waals surface area contributed by atoms with Gasteiger partial charge in [0.2, 0.25) is 0 Å². The summed E-state index contributed by atoms with van der Waals surface area (Å²) in [6.07, 6.45) is 40.0. The highest BCUT2D eigenvalue weighted by Crippen LogP contribution is 2.61. The molecule has 6 rings (SSSR count). The lowest BCUT2D eigenvalue weighted by molar-refractivity contribution is 0.290. The second-order valence-corrected chi connectivity index (χ2v) is 18.2. The van der Waals surface area contributed by atoms with Gasteiger partial charge in [-0.3, -0.25) is 0 Å². The van der Waals surface area contributed by atoms with Crippen molar-refractivity contribution in [3.8, 4) is 17.2 Å². The van der Waals surface area contributed by atoms with E-state index in [1.807, 2.05) is 0 Å². The molecule has 0 N–H and O–H groups in total. The Kier molecular flexibility index (Phi) is 22.8. The molecule has 3 aromatic carbocycles. The average molecular weight is 807 g/mol. The summed E-state index contributed by atoms with van der Waals surface area (Å²) in [5, 5.41) is 0. The molecule has 0 amide bonds. The van der Waals surface area contributed by atoms with Crippen LogP contribution in [0.15, 0.2) is 54.6 Å². The average Bonchev–Trinajstić information content (AvgIpc) is 3.26. The van der Waals surface area contributed by atoms with E-state index in [4.69, 9.17) is 14.2 Å². The Morgan fingerprint density at radius 3 is 0.780 bits per heavy atom. The van der Waals surface area contributed by atoms with Crippen molar-refractivity contribution in [2.75, 3.05) is 19.8 Å². The minimum absolute atomic E-state index is 0.0386. The summed E-state index contributed by atoms with van der Waals surface area (Å²) >= 11 is 0. The molecule has 3 aliphatic carbocycles. The number of rotatable bonds is 36. The van der Waals surface area contributed by atoms with Crippen molar-refractivity contribution in [3.05, 3.63) is 88.0 Å². The highest BCUT2D eigenvalue weighted by molar-refractivity contribution is 5.74. The molecular formula is C56H86O3. The Labute approximate surface area is 363 Å². The van der Waals surface area contributed by atoms with Crippen molar-refractivity contribution in [1.82, 2.24) is 0 Å². The van der Waals surface area contributed by atoms with Crippen LogP contribution in [0.2, 0.25) is 0 Å². The smallest absolute Gasteiger partial charge is 0.123 e. The summed E-state index contributed by atoms with van der Waals surface area (Å²) in [4.78, 5) is 0. The standard InChI is InChI=1S/C56H86O3/c1-4-7-10-13-16-19-22-25-28-31-43-57-49-40-34-37-46-52-47-38-35-41-50(58-44-32-29-26-23-20-17-14-11-8-5-2)54(47)56(53(46)49)55-48(52)39-36-42-51(55)59-45-33-30-27-24-21-18-15-12-9-6-3/h34-42,52,56H,4-33,43-45H2,1-3H3. The Morgan fingerprint density at radius 2 is 0.525 bits per heavy atom. The largest absolute Gasteiger partial charge is 0.493 e. The third kappa shape index (κ3) is 14.9. The number of hydrogen-bond donors (Lipinski definition) is 0. The molecule has 0 heterocycles. The maximum atomic E-state index is 6.80. The van der Waals surface area contributed by atoms with E-state index in [1.165, 1.54) is 207 Å². The fourth-order valence-corrected chi connectivity index (χ4v) is 9.99. The minimum Gasteiger partial charge on any atom is -0.493 e. The Morgan fingerprint density at radius 1 is 0.288 bits per heavy atom. The van der Waals surface area contributed by atoms with Crippen LogP contribution in [-0.2, 0) is 0 Å². The van der Waals surface area contributed by atoms with E-state index in [0.717, 1.165) is 56.3 Å². The lowest BCUT2D eigenvalue weighted by Gasteiger charge is -2.44. The Bertz CT molecular complexity index is 1370. The van der Waals surface area contributed by atoms with E-state index in [2.05, 4.69) is 75.4 Å². The minimum atomic E-state index is 0.0386. The number of hydrogen-bond acceptors (Lipinski definition) is 3. The van der Waals surface area contributed by atoms with E-state index in [-0.39, 0.29) is 11.8 Å². The molecule has 0 aliphatic heterocycles. The molecule has 0 aromatic heterocycles. The van der Waals surface area contributed by atoms with Crippen LogP contribution < -0.4 is 14.2 Å². The van der Waals surface area contributed by atoms with Gasteiger partial charge in [-0.1, -0.05) is 231 Å². The molecule has 0 spiro atoms. The summed E-state index contributed by atoms with van der Waals surface area (Å²) in [6.45, 7) is 9.23. The molecule has 0 fully saturated rings. The van der Waals surface area contributed by atoms with Gasteiger partial charge in [0.25, 0.3) is 0 Å². The van der Waals surface area contributed by atoms with Crippen LogP contribution in [-0.4, -0.2) is 19.8 Å². The summed E-state index contributed by atoms with van der Waals surface area (Å²) < 4.78 is 20.4. The molecule has 0 saturated heterocycles. The first kappa shape index (κ1) is 47.1.